The van der Waals surface area contributed by atoms with Crippen LogP contribution in [0.4, 0.5) is 5.82 Å². The molecule has 0 aromatic carbocycles. The van der Waals surface area contributed by atoms with E-state index in [0.29, 0.717) is 47.5 Å². The monoisotopic (exact) mass is 306 g/mol. The minimum atomic E-state index is 0.371. The second-order valence-corrected chi connectivity index (χ2v) is 5.27. The van der Waals surface area contributed by atoms with Crippen LogP contribution in [-0.4, -0.2) is 31.3 Å². The van der Waals surface area contributed by atoms with E-state index < -0.39 is 0 Å². The van der Waals surface area contributed by atoms with E-state index in [1.807, 2.05) is 6.92 Å². The van der Waals surface area contributed by atoms with Crippen molar-refractivity contribution in [3.8, 4) is 5.88 Å². The van der Waals surface area contributed by atoms with Crippen LogP contribution < -0.4 is 10.1 Å². The average Bonchev–Trinajstić information content (AvgIpc) is 2.33. The molecule has 1 aromatic rings. The fourth-order valence-corrected chi connectivity index (χ4v) is 1.84. The van der Waals surface area contributed by atoms with Gasteiger partial charge in [0, 0.05) is 13.2 Å². The quantitative estimate of drug-likeness (QED) is 0.740. The van der Waals surface area contributed by atoms with E-state index in [-0.39, 0.29) is 0 Å². The number of hydrogen-bond acceptors (Lipinski definition) is 4. The molecule has 0 aliphatic heterocycles. The van der Waals surface area contributed by atoms with Crippen LogP contribution in [0.3, 0.4) is 0 Å². The molecule has 0 amide bonds. The maximum atomic E-state index is 6.02. The molecule has 0 fully saturated rings. The molecule has 0 saturated carbocycles. The van der Waals surface area contributed by atoms with Crippen LogP contribution in [0.15, 0.2) is 6.07 Å². The molecule has 0 radical (unpaired) electrons. The Kier molecular flexibility index (Phi) is 7.28. The van der Waals surface area contributed by atoms with Gasteiger partial charge >= 0.3 is 0 Å². The van der Waals surface area contributed by atoms with E-state index in [9.17, 15) is 0 Å². The van der Waals surface area contributed by atoms with Crippen molar-refractivity contribution in [2.24, 2.45) is 5.92 Å². The molecule has 0 saturated heterocycles. The first-order chi connectivity index (χ1) is 9.04. The number of rotatable bonds is 8. The number of hydrogen-bond donors (Lipinski definition) is 1. The average molecular weight is 307 g/mol. The molecule has 0 atom stereocenters. The minimum absolute atomic E-state index is 0.371. The van der Waals surface area contributed by atoms with Crippen molar-refractivity contribution < 1.29 is 9.47 Å². The zero-order chi connectivity index (χ0) is 14.3. The van der Waals surface area contributed by atoms with Gasteiger partial charge in [-0.05, 0) is 18.9 Å². The summed E-state index contributed by atoms with van der Waals surface area (Å²) < 4.78 is 10.9. The van der Waals surface area contributed by atoms with Gasteiger partial charge in [-0.25, -0.2) is 0 Å². The Labute approximate surface area is 124 Å². The van der Waals surface area contributed by atoms with Gasteiger partial charge in [-0.3, -0.25) is 0 Å². The lowest BCUT2D eigenvalue weighted by atomic mass is 10.2. The predicted molar refractivity (Wildman–Crippen MR) is 79.6 cm³/mol. The Morgan fingerprint density at radius 2 is 2.00 bits per heavy atom. The van der Waals surface area contributed by atoms with E-state index in [0.717, 1.165) is 6.54 Å². The maximum absolute atomic E-state index is 6.02. The number of anilines is 1. The Morgan fingerprint density at radius 3 is 2.63 bits per heavy atom. The van der Waals surface area contributed by atoms with Crippen LogP contribution in [0, 0.1) is 5.92 Å². The molecule has 4 nitrogen and oxygen atoms in total. The van der Waals surface area contributed by atoms with Gasteiger partial charge in [0.05, 0.1) is 11.6 Å². The molecule has 1 rings (SSSR count). The van der Waals surface area contributed by atoms with E-state index in [1.165, 1.54) is 0 Å². The number of halogens is 2. The minimum Gasteiger partial charge on any atom is -0.474 e. The Balaban J connectivity index is 2.50. The molecule has 0 unspecified atom stereocenters. The fraction of sp³-hybridized carbons (Fsp3) is 0.615. The molecule has 108 valence electrons. The molecular weight excluding hydrogens is 287 g/mol. The zero-order valence-electron chi connectivity index (χ0n) is 11.5. The van der Waals surface area contributed by atoms with Gasteiger partial charge in [0.1, 0.15) is 17.4 Å². The Bertz CT molecular complexity index is 400. The summed E-state index contributed by atoms with van der Waals surface area (Å²) in [4.78, 5) is 4.24. The molecule has 0 aliphatic carbocycles. The third kappa shape index (κ3) is 5.85. The van der Waals surface area contributed by atoms with Crippen molar-refractivity contribution in [3.05, 3.63) is 16.1 Å². The van der Waals surface area contributed by atoms with Crippen molar-refractivity contribution >= 4 is 29.0 Å². The largest absolute Gasteiger partial charge is 0.474 e. The fourth-order valence-electron chi connectivity index (χ4n) is 1.36. The number of nitrogens with one attached hydrogen (secondary N) is 1. The lowest BCUT2D eigenvalue weighted by Crippen LogP contribution is -2.11. The topological polar surface area (TPSA) is 43.4 Å². The number of pyridine rings is 1. The van der Waals surface area contributed by atoms with Crippen LogP contribution in [0.1, 0.15) is 20.8 Å². The van der Waals surface area contributed by atoms with E-state index in [4.69, 9.17) is 32.7 Å². The molecule has 1 heterocycles. The first kappa shape index (κ1) is 16.3. The summed E-state index contributed by atoms with van der Waals surface area (Å²) in [5.74, 6) is 1.46. The molecule has 0 spiro atoms. The first-order valence-corrected chi connectivity index (χ1v) is 7.10. The van der Waals surface area contributed by atoms with Gasteiger partial charge in [0.15, 0.2) is 0 Å². The van der Waals surface area contributed by atoms with Crippen molar-refractivity contribution in [1.82, 2.24) is 4.98 Å². The van der Waals surface area contributed by atoms with Gasteiger partial charge in [-0.15, -0.1) is 0 Å². The highest BCUT2D eigenvalue weighted by Gasteiger charge is 2.10. The summed E-state index contributed by atoms with van der Waals surface area (Å²) in [5, 5.41) is 3.93. The zero-order valence-corrected chi connectivity index (χ0v) is 13.0. The third-order valence-electron chi connectivity index (χ3n) is 2.16. The Morgan fingerprint density at radius 1 is 1.26 bits per heavy atom. The molecule has 0 bridgehead atoms. The second kappa shape index (κ2) is 8.46. The summed E-state index contributed by atoms with van der Waals surface area (Å²) in [6.07, 6.45) is 0. The molecule has 1 aromatic heterocycles. The summed E-state index contributed by atoms with van der Waals surface area (Å²) in [6.45, 7) is 8.52. The van der Waals surface area contributed by atoms with Crippen molar-refractivity contribution in [2.75, 3.05) is 31.7 Å². The van der Waals surface area contributed by atoms with Crippen LogP contribution in [0.25, 0.3) is 0 Å². The molecule has 19 heavy (non-hydrogen) atoms. The van der Waals surface area contributed by atoms with Crippen LogP contribution in [0.5, 0.6) is 5.88 Å². The summed E-state index contributed by atoms with van der Waals surface area (Å²) in [5.41, 5.74) is 0. The highest BCUT2D eigenvalue weighted by atomic mass is 35.5. The predicted octanol–water partition coefficient (Wildman–Crippen LogP) is 3.87. The first-order valence-electron chi connectivity index (χ1n) is 6.35. The van der Waals surface area contributed by atoms with E-state index in [2.05, 4.69) is 24.1 Å². The van der Waals surface area contributed by atoms with Gasteiger partial charge in [0.25, 0.3) is 0 Å². The van der Waals surface area contributed by atoms with Crippen LogP contribution in [0.2, 0.25) is 10.0 Å². The van der Waals surface area contributed by atoms with Crippen molar-refractivity contribution in [1.29, 1.82) is 0 Å². The molecule has 1 N–H and O–H groups in total. The number of aromatic nitrogens is 1. The SMILES string of the molecule is CCNc1nc(OCCOCC(C)C)c(Cl)cc1Cl. The Hall–Kier alpha value is -0.710. The normalized spacial score (nSPS) is 10.8. The molecule has 6 heteroatoms. The van der Waals surface area contributed by atoms with Gasteiger partial charge in [-0.1, -0.05) is 37.0 Å². The maximum Gasteiger partial charge on any atom is 0.234 e. The lowest BCUT2D eigenvalue weighted by molar-refractivity contribution is 0.0807. The molecular formula is C13H20Cl2N2O2. The smallest absolute Gasteiger partial charge is 0.234 e. The lowest BCUT2D eigenvalue weighted by Gasteiger charge is -2.11. The van der Waals surface area contributed by atoms with Crippen LogP contribution in [-0.2, 0) is 4.74 Å². The molecule has 0 aliphatic rings. The van der Waals surface area contributed by atoms with E-state index >= 15 is 0 Å². The number of ether oxygens (including phenoxy) is 2. The highest BCUT2D eigenvalue weighted by Crippen LogP contribution is 2.30. The van der Waals surface area contributed by atoms with Crippen molar-refractivity contribution in [3.63, 3.8) is 0 Å². The van der Waals surface area contributed by atoms with Gasteiger partial charge in [0.2, 0.25) is 5.88 Å². The standard InChI is InChI=1S/C13H20Cl2N2O2/c1-4-16-12-10(14)7-11(15)13(17-12)19-6-5-18-8-9(2)3/h7,9H,4-6,8H2,1-3H3,(H,16,17). The van der Waals surface area contributed by atoms with Gasteiger partial charge < -0.3 is 14.8 Å². The van der Waals surface area contributed by atoms with Gasteiger partial charge in [-0.2, -0.15) is 4.98 Å². The van der Waals surface area contributed by atoms with Crippen molar-refractivity contribution in [2.45, 2.75) is 20.8 Å². The second-order valence-electron chi connectivity index (χ2n) is 4.45. The summed E-state index contributed by atoms with van der Waals surface area (Å²) >= 11 is 12.0. The summed E-state index contributed by atoms with van der Waals surface area (Å²) in [6, 6.07) is 1.62. The van der Waals surface area contributed by atoms with Crippen LogP contribution >= 0.6 is 23.2 Å². The highest BCUT2D eigenvalue weighted by molar-refractivity contribution is 6.36. The number of nitrogens with zero attached hydrogens (tertiary/aromatic N) is 1. The van der Waals surface area contributed by atoms with E-state index in [1.54, 1.807) is 6.07 Å². The summed E-state index contributed by atoms with van der Waals surface area (Å²) in [7, 11) is 0. The third-order valence-corrected chi connectivity index (χ3v) is 2.72.